The number of furan rings is 1. The van der Waals surface area contributed by atoms with Gasteiger partial charge in [-0.25, -0.2) is 13.1 Å². The molecule has 0 radical (unpaired) electrons. The molecule has 3 aromatic rings. The molecule has 1 aromatic carbocycles. The summed E-state index contributed by atoms with van der Waals surface area (Å²) in [5.41, 5.74) is 1.30. The van der Waals surface area contributed by atoms with Crippen LogP contribution >= 0.6 is 0 Å². The first-order valence-electron chi connectivity index (χ1n) is 7.56. The number of aromatic nitrogens is 1. The fourth-order valence-electron chi connectivity index (χ4n) is 2.36. The third-order valence-electron chi connectivity index (χ3n) is 3.60. The molecule has 0 aliphatic carbocycles. The van der Waals surface area contributed by atoms with Crippen molar-refractivity contribution in [3.8, 4) is 17.1 Å². The molecule has 0 spiro atoms. The number of ether oxygens (including phenoxy) is 1. The second kappa shape index (κ2) is 6.73. The van der Waals surface area contributed by atoms with E-state index in [1.165, 1.54) is 13.2 Å². The number of nitrogens with one attached hydrogen (secondary N) is 1. The fraction of sp³-hybridized carbons (Fsp3) is 0.235. The third-order valence-corrected chi connectivity index (χ3v) is 5.02. The first-order valence-corrected chi connectivity index (χ1v) is 9.04. The molecule has 0 amide bonds. The van der Waals surface area contributed by atoms with E-state index in [2.05, 4.69) is 9.88 Å². The van der Waals surface area contributed by atoms with E-state index in [0.29, 0.717) is 22.8 Å². The smallest absolute Gasteiger partial charge is 0.244 e. The van der Waals surface area contributed by atoms with Crippen molar-refractivity contribution in [1.29, 1.82) is 0 Å². The average molecular weight is 362 g/mol. The van der Waals surface area contributed by atoms with Gasteiger partial charge in [0.25, 0.3) is 0 Å². The first kappa shape index (κ1) is 17.2. The van der Waals surface area contributed by atoms with Crippen LogP contribution in [0.1, 0.15) is 17.2 Å². The van der Waals surface area contributed by atoms with Crippen LogP contribution in [0, 0.1) is 13.8 Å². The number of hydrogen-bond donors (Lipinski definition) is 1. The molecule has 0 saturated heterocycles. The van der Waals surface area contributed by atoms with E-state index in [0.717, 1.165) is 5.76 Å². The van der Waals surface area contributed by atoms with Gasteiger partial charge in [0.2, 0.25) is 10.0 Å². The highest BCUT2D eigenvalue weighted by molar-refractivity contribution is 7.89. The Morgan fingerprint density at radius 1 is 1.16 bits per heavy atom. The minimum absolute atomic E-state index is 0.0184. The highest BCUT2D eigenvalue weighted by Gasteiger charge is 2.21. The summed E-state index contributed by atoms with van der Waals surface area (Å²) in [7, 11) is -2.39. The van der Waals surface area contributed by atoms with Crippen LogP contribution in [-0.2, 0) is 16.6 Å². The van der Waals surface area contributed by atoms with Gasteiger partial charge in [0.1, 0.15) is 22.2 Å². The highest BCUT2D eigenvalue weighted by Crippen LogP contribution is 2.30. The molecule has 25 heavy (non-hydrogen) atoms. The zero-order valence-corrected chi connectivity index (χ0v) is 14.9. The standard InChI is InChI=1S/C17H18N2O5S/c1-11-8-16(24-19-11)13-5-7-15(22-3)17(9-13)25(20,21)18-10-14-6-4-12(2)23-14/h4-9,18H,10H2,1-3H3. The lowest BCUT2D eigenvalue weighted by Crippen LogP contribution is -2.23. The van der Waals surface area contributed by atoms with E-state index in [-0.39, 0.29) is 17.2 Å². The number of sulfonamides is 1. The molecule has 0 aliphatic heterocycles. The van der Waals surface area contributed by atoms with E-state index in [4.69, 9.17) is 13.7 Å². The average Bonchev–Trinajstić information content (AvgIpc) is 3.21. The largest absolute Gasteiger partial charge is 0.495 e. The Bertz CT molecular complexity index is 988. The summed E-state index contributed by atoms with van der Waals surface area (Å²) in [6.07, 6.45) is 0. The van der Waals surface area contributed by atoms with Crippen LogP contribution in [-0.4, -0.2) is 20.7 Å². The summed E-state index contributed by atoms with van der Waals surface area (Å²) in [6, 6.07) is 10.0. The Balaban J connectivity index is 1.92. The Hall–Kier alpha value is -2.58. The van der Waals surface area contributed by atoms with Gasteiger partial charge in [-0.2, -0.15) is 0 Å². The van der Waals surface area contributed by atoms with Gasteiger partial charge in [-0.3, -0.25) is 0 Å². The van der Waals surface area contributed by atoms with Gasteiger partial charge < -0.3 is 13.7 Å². The van der Waals surface area contributed by atoms with E-state index < -0.39 is 10.0 Å². The fourth-order valence-corrected chi connectivity index (χ4v) is 3.55. The molecular weight excluding hydrogens is 344 g/mol. The number of methoxy groups -OCH3 is 1. The van der Waals surface area contributed by atoms with Gasteiger partial charge in [0.15, 0.2) is 5.76 Å². The third kappa shape index (κ3) is 3.75. The summed E-state index contributed by atoms with van der Waals surface area (Å²) in [5, 5.41) is 3.82. The Morgan fingerprint density at radius 3 is 2.56 bits per heavy atom. The first-order chi connectivity index (χ1) is 11.9. The summed E-state index contributed by atoms with van der Waals surface area (Å²) in [4.78, 5) is 0.0184. The zero-order valence-electron chi connectivity index (χ0n) is 14.1. The number of rotatable bonds is 6. The Morgan fingerprint density at radius 2 is 1.96 bits per heavy atom. The second-order valence-electron chi connectivity index (χ2n) is 5.54. The highest BCUT2D eigenvalue weighted by atomic mass is 32.2. The van der Waals surface area contributed by atoms with Gasteiger partial charge in [0, 0.05) is 11.6 Å². The van der Waals surface area contributed by atoms with Crippen LogP contribution in [0.25, 0.3) is 11.3 Å². The van der Waals surface area contributed by atoms with Crippen molar-refractivity contribution in [2.45, 2.75) is 25.3 Å². The molecule has 0 aliphatic rings. The molecule has 0 atom stereocenters. The van der Waals surface area contributed by atoms with Crippen molar-refractivity contribution in [2.75, 3.05) is 7.11 Å². The van der Waals surface area contributed by atoms with Gasteiger partial charge >= 0.3 is 0 Å². The minimum atomic E-state index is -3.81. The molecule has 132 valence electrons. The molecule has 2 aromatic heterocycles. The van der Waals surface area contributed by atoms with Crippen LogP contribution in [0.2, 0.25) is 0 Å². The Labute approximate surface area is 145 Å². The molecule has 7 nitrogen and oxygen atoms in total. The van der Waals surface area contributed by atoms with Crippen molar-refractivity contribution < 1.29 is 22.1 Å². The number of hydrogen-bond acceptors (Lipinski definition) is 6. The summed E-state index contributed by atoms with van der Waals surface area (Å²) >= 11 is 0. The van der Waals surface area contributed by atoms with Crippen molar-refractivity contribution in [2.24, 2.45) is 0 Å². The summed E-state index contributed by atoms with van der Waals surface area (Å²) < 4.78 is 43.7. The maximum absolute atomic E-state index is 12.7. The molecule has 0 fully saturated rings. The second-order valence-corrected chi connectivity index (χ2v) is 7.27. The SMILES string of the molecule is COc1ccc(-c2cc(C)no2)cc1S(=O)(=O)NCc1ccc(C)o1. The lowest BCUT2D eigenvalue weighted by molar-refractivity contribution is 0.401. The van der Waals surface area contributed by atoms with E-state index >= 15 is 0 Å². The molecular formula is C17H18N2O5S. The summed E-state index contributed by atoms with van der Waals surface area (Å²) in [6.45, 7) is 3.63. The molecule has 1 N–H and O–H groups in total. The topological polar surface area (TPSA) is 94.6 Å². The molecule has 0 saturated carbocycles. The van der Waals surface area contributed by atoms with Crippen LogP contribution < -0.4 is 9.46 Å². The van der Waals surface area contributed by atoms with Gasteiger partial charge in [0.05, 0.1) is 19.3 Å². The minimum Gasteiger partial charge on any atom is -0.495 e. The van der Waals surface area contributed by atoms with Gasteiger partial charge in [-0.1, -0.05) is 5.16 Å². The van der Waals surface area contributed by atoms with E-state index in [1.807, 2.05) is 0 Å². The lowest BCUT2D eigenvalue weighted by atomic mass is 10.1. The van der Waals surface area contributed by atoms with Gasteiger partial charge in [-0.15, -0.1) is 0 Å². The van der Waals surface area contributed by atoms with Crippen LogP contribution in [0.15, 0.2) is 50.2 Å². The van der Waals surface area contributed by atoms with Crippen molar-refractivity contribution in [1.82, 2.24) is 9.88 Å². The number of nitrogens with zero attached hydrogens (tertiary/aromatic N) is 1. The predicted octanol–water partition coefficient (Wildman–Crippen LogP) is 3.04. The normalized spacial score (nSPS) is 11.6. The van der Waals surface area contributed by atoms with Crippen LogP contribution in [0.5, 0.6) is 5.75 Å². The van der Waals surface area contributed by atoms with Crippen molar-refractivity contribution in [3.63, 3.8) is 0 Å². The molecule has 3 rings (SSSR count). The zero-order chi connectivity index (χ0) is 18.0. The molecule has 2 heterocycles. The number of aryl methyl sites for hydroxylation is 2. The molecule has 0 unspecified atom stereocenters. The number of benzene rings is 1. The summed E-state index contributed by atoms with van der Waals surface area (Å²) in [5.74, 6) is 1.97. The van der Waals surface area contributed by atoms with Gasteiger partial charge in [-0.05, 0) is 44.2 Å². The monoisotopic (exact) mass is 362 g/mol. The maximum atomic E-state index is 12.7. The predicted molar refractivity (Wildman–Crippen MR) is 90.7 cm³/mol. The van der Waals surface area contributed by atoms with E-state index in [1.54, 1.807) is 44.2 Å². The Kier molecular flexibility index (Phi) is 4.65. The molecule has 0 bridgehead atoms. The quantitative estimate of drug-likeness (QED) is 0.724. The van der Waals surface area contributed by atoms with Crippen molar-refractivity contribution in [3.05, 3.63) is 53.6 Å². The van der Waals surface area contributed by atoms with Crippen LogP contribution in [0.3, 0.4) is 0 Å². The maximum Gasteiger partial charge on any atom is 0.244 e. The van der Waals surface area contributed by atoms with E-state index in [9.17, 15) is 8.42 Å². The van der Waals surface area contributed by atoms with Crippen LogP contribution in [0.4, 0.5) is 0 Å². The van der Waals surface area contributed by atoms with Crippen molar-refractivity contribution >= 4 is 10.0 Å². The molecule has 8 heteroatoms. The lowest BCUT2D eigenvalue weighted by Gasteiger charge is -2.11.